The molecule has 29 heavy (non-hydrogen) atoms. The van der Waals surface area contributed by atoms with Crippen molar-refractivity contribution in [2.24, 2.45) is 5.10 Å². The van der Waals surface area contributed by atoms with Crippen molar-refractivity contribution in [1.82, 2.24) is 20.0 Å². The van der Waals surface area contributed by atoms with Gasteiger partial charge in [-0.25, -0.2) is 5.01 Å². The van der Waals surface area contributed by atoms with Crippen LogP contribution in [0.2, 0.25) is 0 Å². The first kappa shape index (κ1) is 19.0. The average Bonchev–Trinajstić information content (AvgIpc) is 3.39. The van der Waals surface area contributed by atoms with Crippen LogP contribution in [0.15, 0.2) is 66.0 Å². The Balaban J connectivity index is 1.53. The number of hydrogen-bond acceptors (Lipinski definition) is 6. The largest absolute Gasteiger partial charge is 0.497 e. The minimum Gasteiger partial charge on any atom is -0.497 e. The van der Waals surface area contributed by atoms with E-state index in [2.05, 4.69) is 75.5 Å². The Bertz CT molecular complexity index is 965. The lowest BCUT2D eigenvalue weighted by molar-refractivity contribution is 0.395. The van der Waals surface area contributed by atoms with Crippen molar-refractivity contribution in [3.63, 3.8) is 0 Å². The molecular weight excluding hydrogens is 364 g/mol. The van der Waals surface area contributed by atoms with Gasteiger partial charge in [-0.3, -0.25) is 5.10 Å². The molecule has 0 aliphatic carbocycles. The van der Waals surface area contributed by atoms with E-state index in [-0.39, 0.29) is 0 Å². The van der Waals surface area contributed by atoms with Crippen LogP contribution in [0.5, 0.6) is 5.75 Å². The maximum Gasteiger partial charge on any atom is 0.141 e. The second-order valence-corrected chi connectivity index (χ2v) is 7.38. The SMILES string of the molecule is COc1cccc(CN2CN(c3ccc(-c4cn[nH]c4)cc3)N=C2CN(C)C)c1. The highest BCUT2D eigenvalue weighted by Crippen LogP contribution is 2.26. The summed E-state index contributed by atoms with van der Waals surface area (Å²) in [6.07, 6.45) is 3.72. The van der Waals surface area contributed by atoms with Crippen LogP contribution < -0.4 is 9.75 Å². The first-order valence-electron chi connectivity index (χ1n) is 9.59. The number of rotatable bonds is 7. The quantitative estimate of drug-likeness (QED) is 0.671. The predicted octanol–water partition coefficient (Wildman–Crippen LogP) is 3.24. The zero-order valence-corrected chi connectivity index (χ0v) is 17.0. The molecule has 1 aliphatic heterocycles. The van der Waals surface area contributed by atoms with Crippen LogP contribution in [0.25, 0.3) is 11.1 Å². The fourth-order valence-corrected chi connectivity index (χ4v) is 3.40. The minimum absolute atomic E-state index is 0.714. The number of ether oxygens (including phenoxy) is 1. The van der Waals surface area contributed by atoms with Gasteiger partial charge in [0.05, 0.1) is 25.5 Å². The summed E-state index contributed by atoms with van der Waals surface area (Å²) in [4.78, 5) is 4.45. The normalized spacial score (nSPS) is 13.9. The van der Waals surface area contributed by atoms with E-state index in [1.54, 1.807) is 7.11 Å². The highest BCUT2D eigenvalue weighted by molar-refractivity contribution is 5.87. The number of methoxy groups -OCH3 is 1. The topological polar surface area (TPSA) is 60.0 Å². The molecule has 7 nitrogen and oxygen atoms in total. The van der Waals surface area contributed by atoms with E-state index in [0.29, 0.717) is 6.67 Å². The molecule has 1 aromatic heterocycles. The predicted molar refractivity (Wildman–Crippen MR) is 116 cm³/mol. The second-order valence-electron chi connectivity index (χ2n) is 7.38. The molecule has 2 heterocycles. The molecule has 3 aromatic rings. The van der Waals surface area contributed by atoms with Gasteiger partial charge in [-0.1, -0.05) is 24.3 Å². The van der Waals surface area contributed by atoms with E-state index in [9.17, 15) is 0 Å². The Hall–Kier alpha value is -3.32. The summed E-state index contributed by atoms with van der Waals surface area (Å²) in [6.45, 7) is 2.28. The summed E-state index contributed by atoms with van der Waals surface area (Å²) in [5.74, 6) is 1.93. The zero-order valence-electron chi connectivity index (χ0n) is 17.0. The van der Waals surface area contributed by atoms with E-state index in [1.807, 2.05) is 24.5 Å². The minimum atomic E-state index is 0.714. The fraction of sp³-hybridized carbons (Fsp3) is 0.273. The standard InChI is InChI=1S/C22H26N6O/c1-26(2)15-22-25-28(16-27(22)14-17-5-4-6-21(11-17)29-3)20-9-7-18(8-10-20)19-12-23-24-13-19/h4-13H,14-16H2,1-3H3,(H,23,24). The zero-order chi connectivity index (χ0) is 20.2. The third-order valence-electron chi connectivity index (χ3n) is 4.87. The molecule has 150 valence electrons. The molecular formula is C22H26N6O. The van der Waals surface area contributed by atoms with Crippen LogP contribution in [-0.4, -0.2) is 60.3 Å². The van der Waals surface area contributed by atoms with Crippen LogP contribution in [0.3, 0.4) is 0 Å². The number of amidine groups is 1. The maximum atomic E-state index is 5.37. The Morgan fingerprint density at radius 2 is 1.93 bits per heavy atom. The number of nitrogens with zero attached hydrogens (tertiary/aromatic N) is 5. The molecule has 4 rings (SSSR count). The summed E-state index contributed by atoms with van der Waals surface area (Å²) in [7, 11) is 5.83. The Morgan fingerprint density at radius 3 is 2.62 bits per heavy atom. The Kier molecular flexibility index (Phi) is 5.48. The number of aromatic nitrogens is 2. The van der Waals surface area contributed by atoms with Crippen molar-refractivity contribution in [3.8, 4) is 16.9 Å². The van der Waals surface area contributed by atoms with Gasteiger partial charge in [0.1, 0.15) is 18.3 Å². The van der Waals surface area contributed by atoms with E-state index >= 15 is 0 Å². The molecule has 0 unspecified atom stereocenters. The Labute approximate surface area is 171 Å². The molecule has 2 aromatic carbocycles. The molecule has 0 saturated heterocycles. The van der Waals surface area contributed by atoms with Crippen molar-refractivity contribution in [1.29, 1.82) is 0 Å². The third kappa shape index (κ3) is 4.41. The van der Waals surface area contributed by atoms with Gasteiger partial charge in [0.25, 0.3) is 0 Å². The van der Waals surface area contributed by atoms with Gasteiger partial charge in [0.15, 0.2) is 0 Å². The number of hydrogen-bond donors (Lipinski definition) is 1. The molecule has 1 aliphatic rings. The lowest BCUT2D eigenvalue weighted by Crippen LogP contribution is -2.35. The number of benzene rings is 2. The van der Waals surface area contributed by atoms with Gasteiger partial charge in [-0.2, -0.15) is 10.2 Å². The number of likely N-dealkylation sites (N-methyl/N-ethyl adjacent to an activating group) is 1. The fourth-order valence-electron chi connectivity index (χ4n) is 3.40. The van der Waals surface area contributed by atoms with Crippen LogP contribution in [-0.2, 0) is 6.54 Å². The highest BCUT2D eigenvalue weighted by atomic mass is 16.5. The van der Waals surface area contributed by atoms with Crippen LogP contribution in [0, 0.1) is 0 Å². The monoisotopic (exact) mass is 390 g/mol. The summed E-state index contributed by atoms with van der Waals surface area (Å²) in [6, 6.07) is 16.6. The van der Waals surface area contributed by atoms with Crippen molar-refractivity contribution < 1.29 is 4.74 Å². The third-order valence-corrected chi connectivity index (χ3v) is 4.87. The molecule has 0 amide bonds. The molecule has 0 radical (unpaired) electrons. The van der Waals surface area contributed by atoms with E-state index < -0.39 is 0 Å². The number of nitrogens with one attached hydrogen (secondary N) is 1. The number of anilines is 1. The van der Waals surface area contributed by atoms with Gasteiger partial charge in [-0.15, -0.1) is 0 Å². The van der Waals surface area contributed by atoms with Gasteiger partial charge in [-0.05, 0) is 49.5 Å². The molecule has 7 heteroatoms. The molecule has 0 bridgehead atoms. The van der Waals surface area contributed by atoms with Crippen LogP contribution >= 0.6 is 0 Å². The Morgan fingerprint density at radius 1 is 1.10 bits per heavy atom. The van der Waals surface area contributed by atoms with Crippen molar-refractivity contribution in [2.75, 3.05) is 39.4 Å². The van der Waals surface area contributed by atoms with E-state index in [4.69, 9.17) is 9.84 Å². The lowest BCUT2D eigenvalue weighted by Gasteiger charge is -2.23. The number of hydrazone groups is 1. The van der Waals surface area contributed by atoms with Gasteiger partial charge in [0.2, 0.25) is 0 Å². The molecule has 0 saturated carbocycles. The van der Waals surface area contributed by atoms with E-state index in [0.717, 1.165) is 41.5 Å². The summed E-state index contributed by atoms with van der Waals surface area (Å²) in [5.41, 5.74) is 4.48. The smallest absolute Gasteiger partial charge is 0.141 e. The highest BCUT2D eigenvalue weighted by Gasteiger charge is 2.24. The van der Waals surface area contributed by atoms with Gasteiger partial charge >= 0.3 is 0 Å². The van der Waals surface area contributed by atoms with Gasteiger partial charge < -0.3 is 14.5 Å². The molecule has 1 N–H and O–H groups in total. The van der Waals surface area contributed by atoms with E-state index in [1.165, 1.54) is 5.56 Å². The van der Waals surface area contributed by atoms with Gasteiger partial charge in [0, 0.05) is 18.3 Å². The maximum absolute atomic E-state index is 5.37. The van der Waals surface area contributed by atoms with Crippen LogP contribution in [0.4, 0.5) is 5.69 Å². The lowest BCUT2D eigenvalue weighted by atomic mass is 10.1. The summed E-state index contributed by atoms with van der Waals surface area (Å²) >= 11 is 0. The first-order chi connectivity index (χ1) is 14.1. The number of H-pyrrole nitrogens is 1. The number of aromatic amines is 1. The van der Waals surface area contributed by atoms with Crippen molar-refractivity contribution in [3.05, 3.63) is 66.5 Å². The van der Waals surface area contributed by atoms with Crippen molar-refractivity contribution >= 4 is 11.5 Å². The molecule has 0 spiro atoms. The molecule has 0 fully saturated rings. The molecule has 0 atom stereocenters. The summed E-state index contributed by atoms with van der Waals surface area (Å²) < 4.78 is 5.37. The average molecular weight is 390 g/mol. The summed E-state index contributed by atoms with van der Waals surface area (Å²) in [5, 5.41) is 13.8. The van der Waals surface area contributed by atoms with Crippen LogP contribution in [0.1, 0.15) is 5.56 Å². The van der Waals surface area contributed by atoms with Crippen molar-refractivity contribution in [2.45, 2.75) is 6.54 Å². The first-order valence-corrected chi connectivity index (χ1v) is 9.59. The second kappa shape index (κ2) is 8.36.